The molecule has 70 valence electrons. The first-order valence-electron chi connectivity index (χ1n) is 4.49. The molecule has 1 aliphatic heterocycles. The minimum atomic E-state index is 0.630. The summed E-state index contributed by atoms with van der Waals surface area (Å²) in [6.45, 7) is 3.79. The molecule has 0 saturated carbocycles. The Bertz CT molecular complexity index is 405. The van der Waals surface area contributed by atoms with Gasteiger partial charge in [0.05, 0.1) is 6.20 Å². The maximum atomic E-state index is 5.53. The molecule has 0 atom stereocenters. The van der Waals surface area contributed by atoms with Crippen LogP contribution < -0.4 is 4.74 Å². The van der Waals surface area contributed by atoms with Gasteiger partial charge in [0, 0.05) is 11.8 Å². The molecule has 0 N–H and O–H groups in total. The highest BCUT2D eigenvalue weighted by atomic mass is 16.5. The Kier molecular flexibility index (Phi) is 2.45. The average molecular weight is 185 g/mol. The number of fused-ring (bicyclic) bond motifs is 1. The number of hydrogen-bond acceptors (Lipinski definition) is 2. The maximum Gasteiger partial charge on any atom is 0.149 e. The van der Waals surface area contributed by atoms with Crippen LogP contribution in [0.3, 0.4) is 0 Å². The Morgan fingerprint density at radius 3 is 3.21 bits per heavy atom. The molecule has 2 heterocycles. The summed E-state index contributed by atoms with van der Waals surface area (Å²) >= 11 is 0. The van der Waals surface area contributed by atoms with Gasteiger partial charge in [0.1, 0.15) is 11.5 Å². The first-order chi connectivity index (χ1) is 6.86. The lowest BCUT2D eigenvalue weighted by Gasteiger charge is -2.07. The van der Waals surface area contributed by atoms with Crippen molar-refractivity contribution in [1.82, 2.24) is 4.98 Å². The van der Waals surface area contributed by atoms with Crippen molar-refractivity contribution < 1.29 is 4.74 Å². The number of nitrogens with zero attached hydrogens (tertiary/aromatic N) is 1. The molecular formula is C12H11NO. The number of hydrogen-bond donors (Lipinski definition) is 0. The first-order valence-corrected chi connectivity index (χ1v) is 4.49. The molecule has 0 aliphatic carbocycles. The molecule has 0 spiro atoms. The van der Waals surface area contributed by atoms with Crippen molar-refractivity contribution in [2.75, 3.05) is 0 Å². The summed E-state index contributed by atoms with van der Waals surface area (Å²) in [6.07, 6.45) is 12.2. The van der Waals surface area contributed by atoms with E-state index in [1.165, 1.54) is 0 Å². The molecule has 0 radical (unpaired) electrons. The van der Waals surface area contributed by atoms with E-state index >= 15 is 0 Å². The van der Waals surface area contributed by atoms with Gasteiger partial charge in [-0.25, -0.2) is 0 Å². The van der Waals surface area contributed by atoms with Crippen LogP contribution in [0.25, 0.3) is 0 Å². The summed E-state index contributed by atoms with van der Waals surface area (Å²) in [7, 11) is 0. The van der Waals surface area contributed by atoms with Crippen molar-refractivity contribution in [3.8, 4) is 5.75 Å². The van der Waals surface area contributed by atoms with Crippen LogP contribution in [-0.4, -0.2) is 4.98 Å². The third-order valence-corrected chi connectivity index (χ3v) is 1.98. The fourth-order valence-electron chi connectivity index (χ4n) is 1.28. The summed E-state index contributed by atoms with van der Waals surface area (Å²) in [5.41, 5.74) is 1.13. The molecule has 2 heteroatoms. The summed E-state index contributed by atoms with van der Waals surface area (Å²) in [5, 5.41) is 0. The van der Waals surface area contributed by atoms with Gasteiger partial charge in [0.15, 0.2) is 0 Å². The van der Waals surface area contributed by atoms with E-state index in [-0.39, 0.29) is 0 Å². The monoisotopic (exact) mass is 185 g/mol. The normalized spacial score (nSPS) is 19.6. The topological polar surface area (TPSA) is 22.1 Å². The van der Waals surface area contributed by atoms with E-state index in [9.17, 15) is 0 Å². The molecule has 2 nitrogen and oxygen atoms in total. The van der Waals surface area contributed by atoms with Crippen molar-refractivity contribution >= 4 is 0 Å². The molecule has 0 aromatic carbocycles. The SMILES string of the molecule is C=C1/C=C\C=C/Cc2ccncc2O1. The van der Waals surface area contributed by atoms with Crippen molar-refractivity contribution in [1.29, 1.82) is 0 Å². The third kappa shape index (κ3) is 1.91. The predicted octanol–water partition coefficient (Wildman–Crippen LogP) is 2.64. The van der Waals surface area contributed by atoms with E-state index in [1.807, 2.05) is 24.3 Å². The van der Waals surface area contributed by atoms with Crippen LogP contribution in [0.15, 0.2) is 55.1 Å². The van der Waals surface area contributed by atoms with Crippen molar-refractivity contribution in [3.05, 3.63) is 60.7 Å². The Hall–Kier alpha value is -1.83. The lowest BCUT2D eigenvalue weighted by atomic mass is 10.2. The van der Waals surface area contributed by atoms with Gasteiger partial charge < -0.3 is 4.74 Å². The molecule has 0 amide bonds. The van der Waals surface area contributed by atoms with Crippen LogP contribution in [0.1, 0.15) is 5.56 Å². The van der Waals surface area contributed by atoms with Gasteiger partial charge in [0.2, 0.25) is 0 Å². The van der Waals surface area contributed by atoms with Crippen LogP contribution in [0.2, 0.25) is 0 Å². The van der Waals surface area contributed by atoms with Crippen molar-refractivity contribution in [2.45, 2.75) is 6.42 Å². The van der Waals surface area contributed by atoms with Crippen molar-refractivity contribution in [3.63, 3.8) is 0 Å². The van der Waals surface area contributed by atoms with E-state index in [1.54, 1.807) is 12.4 Å². The molecule has 0 fully saturated rings. The Balaban J connectivity index is 2.39. The highest BCUT2D eigenvalue weighted by Crippen LogP contribution is 2.20. The Morgan fingerprint density at radius 2 is 2.29 bits per heavy atom. The van der Waals surface area contributed by atoms with Gasteiger partial charge in [-0.15, -0.1) is 0 Å². The Labute approximate surface area is 83.2 Å². The van der Waals surface area contributed by atoms with Gasteiger partial charge in [-0.05, 0) is 18.6 Å². The van der Waals surface area contributed by atoms with Gasteiger partial charge >= 0.3 is 0 Å². The lowest BCUT2D eigenvalue weighted by Crippen LogP contribution is -1.94. The molecule has 2 rings (SSSR count). The highest BCUT2D eigenvalue weighted by molar-refractivity contribution is 5.35. The largest absolute Gasteiger partial charge is 0.456 e. The highest BCUT2D eigenvalue weighted by Gasteiger charge is 2.03. The zero-order valence-corrected chi connectivity index (χ0v) is 7.81. The second kappa shape index (κ2) is 3.92. The lowest BCUT2D eigenvalue weighted by molar-refractivity contribution is 0.440. The van der Waals surface area contributed by atoms with E-state index < -0.39 is 0 Å². The van der Waals surface area contributed by atoms with E-state index in [0.717, 1.165) is 17.7 Å². The standard InChI is InChI=1S/C12H11NO/c1-10-5-3-2-4-6-11-7-8-13-9-12(11)14-10/h2-5,7-9H,1,6H2/b4-2-,5-3-. The van der Waals surface area contributed by atoms with Crippen LogP contribution in [-0.2, 0) is 6.42 Å². The third-order valence-electron chi connectivity index (χ3n) is 1.98. The van der Waals surface area contributed by atoms with Gasteiger partial charge in [-0.2, -0.15) is 0 Å². The van der Waals surface area contributed by atoms with Gasteiger partial charge in [-0.3, -0.25) is 4.98 Å². The fourth-order valence-corrected chi connectivity index (χ4v) is 1.28. The van der Waals surface area contributed by atoms with E-state index in [0.29, 0.717) is 5.76 Å². The van der Waals surface area contributed by atoms with Crippen LogP contribution in [0.4, 0.5) is 0 Å². The molecule has 0 unspecified atom stereocenters. The number of ether oxygens (including phenoxy) is 1. The number of rotatable bonds is 0. The number of allylic oxidation sites excluding steroid dienone is 4. The molecule has 1 aromatic rings. The summed E-state index contributed by atoms with van der Waals surface area (Å²) in [6, 6.07) is 1.96. The fraction of sp³-hybridized carbons (Fsp3) is 0.0833. The van der Waals surface area contributed by atoms with Crippen LogP contribution in [0, 0.1) is 0 Å². The molecule has 14 heavy (non-hydrogen) atoms. The van der Waals surface area contributed by atoms with Crippen LogP contribution in [0.5, 0.6) is 5.75 Å². The van der Waals surface area contributed by atoms with Gasteiger partial charge in [0.25, 0.3) is 0 Å². The predicted molar refractivity (Wildman–Crippen MR) is 56.0 cm³/mol. The quantitative estimate of drug-likeness (QED) is 0.620. The molecular weight excluding hydrogens is 174 g/mol. The minimum absolute atomic E-state index is 0.630. The van der Waals surface area contributed by atoms with Crippen molar-refractivity contribution in [2.24, 2.45) is 0 Å². The molecule has 0 saturated heterocycles. The summed E-state index contributed by atoms with van der Waals surface area (Å²) in [4.78, 5) is 4.02. The maximum absolute atomic E-state index is 5.53. The minimum Gasteiger partial charge on any atom is -0.456 e. The zero-order valence-electron chi connectivity index (χ0n) is 7.81. The summed E-state index contributed by atoms with van der Waals surface area (Å²) < 4.78 is 5.53. The van der Waals surface area contributed by atoms with E-state index in [2.05, 4.69) is 17.6 Å². The molecule has 1 aromatic heterocycles. The second-order valence-electron chi connectivity index (χ2n) is 3.04. The van der Waals surface area contributed by atoms with Gasteiger partial charge in [-0.1, -0.05) is 24.8 Å². The zero-order chi connectivity index (χ0) is 9.80. The summed E-state index contributed by atoms with van der Waals surface area (Å²) in [5.74, 6) is 1.42. The Morgan fingerprint density at radius 1 is 1.36 bits per heavy atom. The molecule has 0 bridgehead atoms. The number of aromatic nitrogens is 1. The average Bonchev–Trinajstić information content (AvgIpc) is 2.27. The van der Waals surface area contributed by atoms with E-state index in [4.69, 9.17) is 4.74 Å². The molecule has 1 aliphatic rings. The number of pyridine rings is 1. The van der Waals surface area contributed by atoms with Crippen LogP contribution >= 0.6 is 0 Å². The second-order valence-corrected chi connectivity index (χ2v) is 3.04. The smallest absolute Gasteiger partial charge is 0.149 e. The first kappa shape index (κ1) is 8.75.